The highest BCUT2D eigenvalue weighted by molar-refractivity contribution is 5.61. The van der Waals surface area contributed by atoms with Crippen LogP contribution in [0, 0.1) is 13.8 Å². The average Bonchev–Trinajstić information content (AvgIpc) is 3.23. The summed E-state index contributed by atoms with van der Waals surface area (Å²) < 4.78 is 7.41. The van der Waals surface area contributed by atoms with E-state index in [1.54, 1.807) is 0 Å². The minimum absolute atomic E-state index is 0.521. The van der Waals surface area contributed by atoms with Crippen LogP contribution in [0.1, 0.15) is 23.9 Å². The van der Waals surface area contributed by atoms with E-state index in [-0.39, 0.29) is 0 Å². The molecule has 0 radical (unpaired) electrons. The van der Waals surface area contributed by atoms with Gasteiger partial charge in [-0.3, -0.25) is 4.40 Å². The number of pyridine rings is 1. The van der Waals surface area contributed by atoms with Gasteiger partial charge in [-0.1, -0.05) is 18.1 Å². The lowest BCUT2D eigenvalue weighted by Crippen LogP contribution is -1.93. The molecule has 0 aliphatic heterocycles. The second kappa shape index (κ2) is 5.56. The van der Waals surface area contributed by atoms with Crippen LogP contribution in [0.3, 0.4) is 0 Å². The monoisotopic (exact) mass is 319 g/mol. The van der Waals surface area contributed by atoms with Crippen LogP contribution in [-0.2, 0) is 6.42 Å². The third kappa shape index (κ3) is 2.36. The summed E-state index contributed by atoms with van der Waals surface area (Å²) in [5.41, 5.74) is 5.05. The van der Waals surface area contributed by atoms with Crippen molar-refractivity contribution >= 4 is 5.65 Å². The lowest BCUT2D eigenvalue weighted by atomic mass is 10.1. The molecular formula is C18H17N5O. The quantitative estimate of drug-likeness (QED) is 0.577. The Morgan fingerprint density at radius 2 is 1.83 bits per heavy atom. The van der Waals surface area contributed by atoms with Gasteiger partial charge in [-0.05, 0) is 49.2 Å². The second-order valence-corrected chi connectivity index (χ2v) is 5.84. The van der Waals surface area contributed by atoms with Crippen LogP contribution in [0.5, 0.6) is 0 Å². The Balaban J connectivity index is 1.75. The number of nitrogens with zero attached hydrogens (tertiary/aromatic N) is 5. The number of hydrogen-bond donors (Lipinski definition) is 0. The molecule has 3 aromatic heterocycles. The molecule has 0 aliphatic rings. The van der Waals surface area contributed by atoms with Crippen molar-refractivity contribution < 1.29 is 4.52 Å². The number of hydrogen-bond acceptors (Lipinski definition) is 5. The van der Waals surface area contributed by atoms with Crippen molar-refractivity contribution in [3.63, 3.8) is 0 Å². The molecule has 0 aliphatic carbocycles. The topological polar surface area (TPSA) is 69.1 Å². The van der Waals surface area contributed by atoms with Gasteiger partial charge in [0.25, 0.3) is 5.89 Å². The minimum atomic E-state index is 0.521. The Labute approximate surface area is 139 Å². The van der Waals surface area contributed by atoms with Gasteiger partial charge in [0.1, 0.15) is 5.82 Å². The van der Waals surface area contributed by atoms with E-state index in [0.29, 0.717) is 11.7 Å². The predicted octanol–water partition coefficient (Wildman–Crippen LogP) is 3.63. The van der Waals surface area contributed by atoms with E-state index < -0.39 is 0 Å². The van der Waals surface area contributed by atoms with Gasteiger partial charge in [-0.15, -0.1) is 10.2 Å². The van der Waals surface area contributed by atoms with E-state index in [2.05, 4.69) is 53.2 Å². The van der Waals surface area contributed by atoms with Crippen molar-refractivity contribution in [2.45, 2.75) is 27.2 Å². The Bertz CT molecular complexity index is 1030. The first-order valence-electron chi connectivity index (χ1n) is 7.91. The number of aromatic nitrogens is 5. The molecule has 0 atom stereocenters. The first-order valence-corrected chi connectivity index (χ1v) is 7.91. The molecule has 1 aromatic carbocycles. The lowest BCUT2D eigenvalue weighted by Gasteiger charge is -2.00. The second-order valence-electron chi connectivity index (χ2n) is 5.84. The normalized spacial score (nSPS) is 11.3. The molecule has 4 rings (SSSR count). The summed E-state index contributed by atoms with van der Waals surface area (Å²) >= 11 is 0. The van der Waals surface area contributed by atoms with E-state index in [0.717, 1.165) is 29.0 Å². The van der Waals surface area contributed by atoms with Crippen molar-refractivity contribution in [1.82, 2.24) is 24.7 Å². The largest absolute Gasteiger partial charge is 0.334 e. The Hall–Kier alpha value is -3.02. The molecule has 6 heteroatoms. The predicted molar refractivity (Wildman–Crippen MR) is 90.6 cm³/mol. The molecular weight excluding hydrogens is 302 g/mol. The molecule has 4 aromatic rings. The highest BCUT2D eigenvalue weighted by atomic mass is 16.5. The maximum Gasteiger partial charge on any atom is 0.258 e. The molecule has 0 bridgehead atoms. The molecule has 0 saturated heterocycles. The van der Waals surface area contributed by atoms with Gasteiger partial charge in [-0.2, -0.15) is 4.98 Å². The van der Waals surface area contributed by atoms with Crippen molar-refractivity contribution in [3.8, 4) is 22.8 Å². The third-order valence-corrected chi connectivity index (χ3v) is 4.23. The molecule has 0 amide bonds. The Morgan fingerprint density at radius 3 is 2.62 bits per heavy atom. The standard InChI is InChI=1S/C18H17N5O/c1-4-15-20-21-16-8-7-14(10-23(15)16)17-19-18(24-22-17)13-6-5-11(2)12(3)9-13/h5-10H,4H2,1-3H3. The number of rotatable bonds is 3. The van der Waals surface area contributed by atoms with Crippen LogP contribution in [0.2, 0.25) is 0 Å². The Kier molecular flexibility index (Phi) is 3.37. The van der Waals surface area contributed by atoms with Gasteiger partial charge in [-0.25, -0.2) is 0 Å². The zero-order chi connectivity index (χ0) is 16.7. The fourth-order valence-corrected chi connectivity index (χ4v) is 2.64. The van der Waals surface area contributed by atoms with Crippen LogP contribution < -0.4 is 0 Å². The average molecular weight is 319 g/mol. The zero-order valence-electron chi connectivity index (χ0n) is 13.8. The summed E-state index contributed by atoms with van der Waals surface area (Å²) in [7, 11) is 0. The number of fused-ring (bicyclic) bond motifs is 1. The van der Waals surface area contributed by atoms with E-state index >= 15 is 0 Å². The molecule has 0 fully saturated rings. The third-order valence-electron chi connectivity index (χ3n) is 4.23. The minimum Gasteiger partial charge on any atom is -0.334 e. The van der Waals surface area contributed by atoms with Crippen LogP contribution in [0.25, 0.3) is 28.5 Å². The fourth-order valence-electron chi connectivity index (χ4n) is 2.64. The van der Waals surface area contributed by atoms with Gasteiger partial charge in [0.2, 0.25) is 5.82 Å². The van der Waals surface area contributed by atoms with Gasteiger partial charge in [0.05, 0.1) is 0 Å². The molecule has 6 nitrogen and oxygen atoms in total. The molecule has 0 N–H and O–H groups in total. The Morgan fingerprint density at radius 1 is 1.00 bits per heavy atom. The highest BCUT2D eigenvalue weighted by Crippen LogP contribution is 2.24. The van der Waals surface area contributed by atoms with Gasteiger partial charge >= 0.3 is 0 Å². The lowest BCUT2D eigenvalue weighted by molar-refractivity contribution is 0.432. The zero-order valence-corrected chi connectivity index (χ0v) is 13.8. The van der Waals surface area contributed by atoms with Crippen molar-refractivity contribution in [2.24, 2.45) is 0 Å². The molecule has 24 heavy (non-hydrogen) atoms. The van der Waals surface area contributed by atoms with Crippen LogP contribution in [0.15, 0.2) is 41.1 Å². The van der Waals surface area contributed by atoms with E-state index in [1.807, 2.05) is 28.8 Å². The molecule has 0 unspecified atom stereocenters. The van der Waals surface area contributed by atoms with E-state index in [1.165, 1.54) is 11.1 Å². The SMILES string of the molecule is CCc1nnc2ccc(-c3noc(-c4ccc(C)c(C)c4)n3)cn12. The van der Waals surface area contributed by atoms with E-state index in [4.69, 9.17) is 4.52 Å². The van der Waals surface area contributed by atoms with Crippen LogP contribution in [0.4, 0.5) is 0 Å². The molecule has 0 spiro atoms. The summed E-state index contributed by atoms with van der Waals surface area (Å²) in [6, 6.07) is 9.96. The van der Waals surface area contributed by atoms with Crippen LogP contribution >= 0.6 is 0 Å². The van der Waals surface area contributed by atoms with E-state index in [9.17, 15) is 0 Å². The summed E-state index contributed by atoms with van der Waals surface area (Å²) in [6.07, 6.45) is 2.76. The first-order chi connectivity index (χ1) is 11.7. The van der Waals surface area contributed by atoms with Crippen molar-refractivity contribution in [3.05, 3.63) is 53.5 Å². The first kappa shape index (κ1) is 14.6. The fraction of sp³-hybridized carbons (Fsp3) is 0.222. The summed E-state index contributed by atoms with van der Waals surface area (Å²) in [5, 5.41) is 12.4. The van der Waals surface area contributed by atoms with Gasteiger partial charge in [0.15, 0.2) is 5.65 Å². The van der Waals surface area contributed by atoms with Crippen molar-refractivity contribution in [2.75, 3.05) is 0 Å². The smallest absolute Gasteiger partial charge is 0.258 e. The summed E-state index contributed by atoms with van der Waals surface area (Å²) in [5.74, 6) is 1.98. The summed E-state index contributed by atoms with van der Waals surface area (Å²) in [4.78, 5) is 4.54. The van der Waals surface area contributed by atoms with Crippen LogP contribution in [-0.4, -0.2) is 24.7 Å². The maximum absolute atomic E-state index is 5.45. The molecule has 120 valence electrons. The van der Waals surface area contributed by atoms with Gasteiger partial charge < -0.3 is 4.52 Å². The number of aryl methyl sites for hydroxylation is 3. The highest BCUT2D eigenvalue weighted by Gasteiger charge is 2.13. The molecule has 3 heterocycles. The summed E-state index contributed by atoms with van der Waals surface area (Å²) in [6.45, 7) is 6.20. The van der Waals surface area contributed by atoms with Crippen molar-refractivity contribution in [1.29, 1.82) is 0 Å². The van der Waals surface area contributed by atoms with Gasteiger partial charge in [0, 0.05) is 23.7 Å². The molecule has 0 saturated carbocycles. The number of benzene rings is 1. The maximum atomic E-state index is 5.45.